The Kier molecular flexibility index (Phi) is 5.03. The molecule has 0 saturated carbocycles. The van der Waals surface area contributed by atoms with Gasteiger partial charge >= 0.3 is 0 Å². The van der Waals surface area contributed by atoms with Gasteiger partial charge in [0.15, 0.2) is 0 Å². The Labute approximate surface area is 127 Å². The van der Waals surface area contributed by atoms with Gasteiger partial charge in [-0.25, -0.2) is 8.42 Å². The van der Waals surface area contributed by atoms with Gasteiger partial charge in [-0.2, -0.15) is 4.31 Å². The van der Waals surface area contributed by atoms with Gasteiger partial charge in [0.05, 0.1) is 4.90 Å². The van der Waals surface area contributed by atoms with Gasteiger partial charge in [0.2, 0.25) is 10.0 Å². The zero-order chi connectivity index (χ0) is 15.6. The number of hydrogen-bond donors (Lipinski definition) is 1. The zero-order valence-corrected chi connectivity index (χ0v) is 13.9. The quantitative estimate of drug-likeness (QED) is 0.907. The molecule has 5 nitrogen and oxygen atoms in total. The fraction of sp³-hybridized carbons (Fsp3) is 0.600. The van der Waals surface area contributed by atoms with Crippen LogP contribution >= 0.6 is 0 Å². The van der Waals surface area contributed by atoms with Gasteiger partial charge < -0.3 is 10.6 Å². The van der Waals surface area contributed by atoms with Crippen LogP contribution in [0, 0.1) is 13.8 Å². The van der Waals surface area contributed by atoms with E-state index in [0.717, 1.165) is 36.2 Å². The van der Waals surface area contributed by atoms with Gasteiger partial charge in [-0.3, -0.25) is 0 Å². The summed E-state index contributed by atoms with van der Waals surface area (Å²) < 4.78 is 27.4. The van der Waals surface area contributed by atoms with Crippen LogP contribution in [0.4, 0.5) is 0 Å². The molecule has 0 spiro atoms. The van der Waals surface area contributed by atoms with Crippen LogP contribution in [0.5, 0.6) is 0 Å². The van der Waals surface area contributed by atoms with E-state index in [1.54, 1.807) is 10.4 Å². The van der Waals surface area contributed by atoms with Gasteiger partial charge in [0.25, 0.3) is 0 Å². The highest BCUT2D eigenvalue weighted by Gasteiger charge is 2.28. The topological polar surface area (TPSA) is 66.6 Å². The van der Waals surface area contributed by atoms with Crippen LogP contribution in [0.25, 0.3) is 0 Å². The molecule has 0 aliphatic carbocycles. The van der Waals surface area contributed by atoms with Crippen molar-refractivity contribution in [3.63, 3.8) is 0 Å². The molecule has 6 heteroatoms. The predicted octanol–water partition coefficient (Wildman–Crippen LogP) is 1.09. The first-order valence-electron chi connectivity index (χ1n) is 7.35. The Morgan fingerprint density at radius 2 is 1.81 bits per heavy atom. The number of aryl methyl sites for hydroxylation is 2. The molecule has 21 heavy (non-hydrogen) atoms. The summed E-state index contributed by atoms with van der Waals surface area (Å²) in [5, 5.41) is 0. The van der Waals surface area contributed by atoms with Crippen molar-refractivity contribution in [1.29, 1.82) is 0 Å². The van der Waals surface area contributed by atoms with Crippen molar-refractivity contribution in [3.05, 3.63) is 28.8 Å². The maximum absolute atomic E-state index is 12.9. The van der Waals surface area contributed by atoms with Crippen LogP contribution in [-0.2, 0) is 16.6 Å². The van der Waals surface area contributed by atoms with Crippen molar-refractivity contribution >= 4 is 10.0 Å². The Hall–Kier alpha value is -0.950. The van der Waals surface area contributed by atoms with E-state index >= 15 is 0 Å². The van der Waals surface area contributed by atoms with Crippen molar-refractivity contribution in [2.24, 2.45) is 5.73 Å². The van der Waals surface area contributed by atoms with Gasteiger partial charge in [0.1, 0.15) is 0 Å². The molecule has 1 fully saturated rings. The third kappa shape index (κ3) is 3.45. The Bertz CT molecular complexity index is 614. The van der Waals surface area contributed by atoms with Crippen molar-refractivity contribution in [2.45, 2.75) is 31.7 Å². The fourth-order valence-corrected chi connectivity index (χ4v) is 4.50. The molecule has 1 saturated heterocycles. The van der Waals surface area contributed by atoms with Crippen LogP contribution in [-0.4, -0.2) is 50.8 Å². The average Bonchev–Trinajstić information content (AvgIpc) is 2.63. The molecular weight excluding hydrogens is 286 g/mol. The third-order valence-corrected chi connectivity index (χ3v) is 6.19. The maximum atomic E-state index is 12.9. The maximum Gasteiger partial charge on any atom is 0.243 e. The summed E-state index contributed by atoms with van der Waals surface area (Å²) in [7, 11) is -1.41. The van der Waals surface area contributed by atoms with Crippen LogP contribution < -0.4 is 5.73 Å². The molecule has 1 aromatic carbocycles. The van der Waals surface area contributed by atoms with Crippen LogP contribution in [0.2, 0.25) is 0 Å². The van der Waals surface area contributed by atoms with E-state index in [-0.39, 0.29) is 0 Å². The van der Waals surface area contributed by atoms with E-state index in [0.29, 0.717) is 24.5 Å². The highest BCUT2D eigenvalue weighted by Crippen LogP contribution is 2.24. The highest BCUT2D eigenvalue weighted by molar-refractivity contribution is 7.89. The first-order chi connectivity index (χ1) is 9.86. The molecule has 1 aliphatic heterocycles. The summed E-state index contributed by atoms with van der Waals surface area (Å²) >= 11 is 0. The van der Waals surface area contributed by atoms with E-state index in [2.05, 4.69) is 4.90 Å². The molecule has 0 atom stereocenters. The largest absolute Gasteiger partial charge is 0.326 e. The number of benzene rings is 1. The van der Waals surface area contributed by atoms with E-state index < -0.39 is 10.0 Å². The minimum Gasteiger partial charge on any atom is -0.326 e. The number of nitrogens with zero attached hydrogens (tertiary/aromatic N) is 2. The minimum atomic E-state index is -3.44. The molecule has 2 N–H and O–H groups in total. The summed E-state index contributed by atoms with van der Waals surface area (Å²) in [4.78, 5) is 2.57. The summed E-state index contributed by atoms with van der Waals surface area (Å²) in [6.45, 7) is 7.01. The average molecular weight is 311 g/mol. The lowest BCUT2D eigenvalue weighted by Gasteiger charge is -2.22. The Morgan fingerprint density at radius 3 is 2.48 bits per heavy atom. The van der Waals surface area contributed by atoms with Gasteiger partial charge in [-0.15, -0.1) is 0 Å². The van der Waals surface area contributed by atoms with Crippen molar-refractivity contribution in [1.82, 2.24) is 9.21 Å². The van der Waals surface area contributed by atoms with Crippen LogP contribution in [0.1, 0.15) is 23.1 Å². The Morgan fingerprint density at radius 1 is 1.10 bits per heavy atom. The molecule has 0 aromatic heterocycles. The smallest absolute Gasteiger partial charge is 0.243 e. The molecule has 1 aromatic rings. The predicted molar refractivity (Wildman–Crippen MR) is 84.7 cm³/mol. The van der Waals surface area contributed by atoms with Crippen molar-refractivity contribution in [3.8, 4) is 0 Å². The first-order valence-corrected chi connectivity index (χ1v) is 8.79. The molecule has 118 valence electrons. The molecule has 1 heterocycles. The molecule has 1 aliphatic rings. The third-order valence-electron chi connectivity index (χ3n) is 4.15. The lowest BCUT2D eigenvalue weighted by atomic mass is 10.1. The number of nitrogens with two attached hydrogens (primary N) is 1. The monoisotopic (exact) mass is 311 g/mol. The van der Waals surface area contributed by atoms with E-state index in [1.807, 2.05) is 27.0 Å². The van der Waals surface area contributed by atoms with Gasteiger partial charge in [-0.1, -0.05) is 6.07 Å². The van der Waals surface area contributed by atoms with E-state index in [9.17, 15) is 8.42 Å². The number of rotatable bonds is 3. The Balaban J connectivity index is 2.39. The van der Waals surface area contributed by atoms with Gasteiger partial charge in [-0.05, 0) is 56.6 Å². The van der Waals surface area contributed by atoms with E-state index in [1.165, 1.54) is 0 Å². The fourth-order valence-electron chi connectivity index (χ4n) is 2.77. The molecule has 0 bridgehead atoms. The van der Waals surface area contributed by atoms with E-state index in [4.69, 9.17) is 5.73 Å². The number of sulfonamides is 1. The van der Waals surface area contributed by atoms with Gasteiger partial charge in [0, 0.05) is 26.2 Å². The molecular formula is C15H25N3O2S. The van der Waals surface area contributed by atoms with Crippen LogP contribution in [0.3, 0.4) is 0 Å². The second kappa shape index (κ2) is 6.44. The zero-order valence-electron chi connectivity index (χ0n) is 13.1. The van der Waals surface area contributed by atoms with Crippen LogP contribution in [0.15, 0.2) is 17.0 Å². The SMILES string of the molecule is Cc1cc(C)c(S(=O)(=O)N2CCCN(C)CC2)cc1CN. The summed E-state index contributed by atoms with van der Waals surface area (Å²) in [5.74, 6) is 0. The standard InChI is InChI=1S/C15H25N3O2S/c1-12-9-13(2)15(10-14(12)11-16)21(19,20)18-6-4-5-17(3)7-8-18/h9-10H,4-8,11,16H2,1-3H3. The molecule has 0 radical (unpaired) electrons. The minimum absolute atomic E-state index is 0.359. The molecule has 0 amide bonds. The number of hydrogen-bond acceptors (Lipinski definition) is 4. The summed E-state index contributed by atoms with van der Waals surface area (Å²) in [5.41, 5.74) is 8.45. The lowest BCUT2D eigenvalue weighted by Crippen LogP contribution is -2.35. The number of likely N-dealkylation sites (N-methyl/N-ethyl adjacent to an activating group) is 1. The normalized spacial score (nSPS) is 18.7. The summed E-state index contributed by atoms with van der Waals surface area (Å²) in [6.07, 6.45) is 0.865. The second-order valence-corrected chi connectivity index (χ2v) is 7.72. The lowest BCUT2D eigenvalue weighted by molar-refractivity contribution is 0.347. The molecule has 0 unspecified atom stereocenters. The highest BCUT2D eigenvalue weighted by atomic mass is 32.2. The van der Waals surface area contributed by atoms with Crippen molar-refractivity contribution in [2.75, 3.05) is 33.2 Å². The second-order valence-electron chi connectivity index (χ2n) is 5.81. The van der Waals surface area contributed by atoms with Crippen molar-refractivity contribution < 1.29 is 8.42 Å². The summed E-state index contributed by atoms with van der Waals surface area (Å²) in [6, 6.07) is 3.66. The molecule has 2 rings (SSSR count). The first kappa shape index (κ1) is 16.4.